The molecule has 1 saturated heterocycles. The molecule has 1 amide bonds. The third kappa shape index (κ3) is 3.73. The Bertz CT molecular complexity index is 1730. The zero-order valence-electron chi connectivity index (χ0n) is 23.1. The van der Waals surface area contributed by atoms with Crippen molar-refractivity contribution in [3.05, 3.63) is 131 Å². The van der Waals surface area contributed by atoms with E-state index in [-0.39, 0.29) is 23.2 Å². The van der Waals surface area contributed by atoms with Crippen LogP contribution in [0.15, 0.2) is 103 Å². The van der Waals surface area contributed by atoms with Gasteiger partial charge in [0.2, 0.25) is 11.7 Å². The van der Waals surface area contributed by atoms with Crippen LogP contribution in [0, 0.1) is 5.92 Å². The van der Waals surface area contributed by atoms with Crippen LogP contribution in [0.2, 0.25) is 0 Å². The van der Waals surface area contributed by atoms with Gasteiger partial charge in [-0.2, -0.15) is 0 Å². The lowest BCUT2D eigenvalue weighted by atomic mass is 9.62. The van der Waals surface area contributed by atoms with E-state index in [0.717, 1.165) is 17.5 Å². The molecule has 3 aliphatic rings. The normalized spacial score (nSPS) is 23.2. The standard InChI is InChI=1S/C35H29N3O4/c1-2-21-42-24-16-14-23(15-17-24)31(39)29-30(32(40)28-13-7-8-19-36-28)38-20-18-22-9-3-4-10-25(22)33(38)35(29)26-11-5-6-12-27(26)37-34(35)41/h3-20,29-30,33H,2,21H2,1H3,(H,37,41)/t29-,30+,33-,35+/m0/s1. The van der Waals surface area contributed by atoms with E-state index in [1.165, 1.54) is 0 Å². The lowest BCUT2D eigenvalue weighted by Crippen LogP contribution is -2.49. The molecule has 1 fully saturated rings. The fourth-order valence-corrected chi connectivity index (χ4v) is 6.94. The Labute approximate surface area is 243 Å². The van der Waals surface area contributed by atoms with Gasteiger partial charge in [0.05, 0.1) is 18.6 Å². The molecule has 0 unspecified atom stereocenters. The first kappa shape index (κ1) is 25.9. The highest BCUT2D eigenvalue weighted by atomic mass is 16.5. The number of fused-ring (bicyclic) bond motifs is 6. The molecule has 42 heavy (non-hydrogen) atoms. The van der Waals surface area contributed by atoms with E-state index >= 15 is 0 Å². The summed E-state index contributed by atoms with van der Waals surface area (Å²) in [7, 11) is 0. The average Bonchev–Trinajstić information content (AvgIpc) is 3.52. The predicted molar refractivity (Wildman–Crippen MR) is 159 cm³/mol. The number of Topliss-reactive ketones (excluding diaryl/α,β-unsaturated/α-hetero) is 2. The summed E-state index contributed by atoms with van der Waals surface area (Å²) in [5.74, 6) is -1.26. The number of carbonyl (C=O) groups is 3. The number of para-hydroxylation sites is 1. The molecule has 3 aliphatic heterocycles. The summed E-state index contributed by atoms with van der Waals surface area (Å²) >= 11 is 0. The van der Waals surface area contributed by atoms with Gasteiger partial charge in [-0.25, -0.2) is 0 Å². The lowest BCUT2D eigenvalue weighted by Gasteiger charge is -2.38. The number of ether oxygens (including phenoxy) is 1. The number of aromatic nitrogens is 1. The minimum Gasteiger partial charge on any atom is -0.494 e. The van der Waals surface area contributed by atoms with E-state index in [4.69, 9.17) is 4.74 Å². The van der Waals surface area contributed by atoms with Gasteiger partial charge in [-0.3, -0.25) is 19.4 Å². The zero-order valence-corrected chi connectivity index (χ0v) is 23.1. The number of nitrogens with zero attached hydrogens (tertiary/aromatic N) is 2. The van der Waals surface area contributed by atoms with E-state index in [2.05, 4.69) is 10.3 Å². The van der Waals surface area contributed by atoms with Crippen LogP contribution in [-0.2, 0) is 10.2 Å². The molecule has 7 rings (SSSR count). The van der Waals surface area contributed by atoms with Crippen LogP contribution in [-0.4, -0.2) is 40.0 Å². The first-order valence-electron chi connectivity index (χ1n) is 14.2. The molecule has 1 aromatic heterocycles. The second-order valence-corrected chi connectivity index (χ2v) is 10.9. The Kier molecular flexibility index (Phi) is 6.23. The van der Waals surface area contributed by atoms with Crippen molar-refractivity contribution in [2.75, 3.05) is 11.9 Å². The summed E-state index contributed by atoms with van der Waals surface area (Å²) in [6.07, 6.45) is 6.25. The fraction of sp³-hybridized carbons (Fsp3) is 0.200. The molecule has 1 N–H and O–H groups in total. The molecular weight excluding hydrogens is 526 g/mol. The van der Waals surface area contributed by atoms with Gasteiger partial charge in [0.15, 0.2) is 5.78 Å². The summed E-state index contributed by atoms with van der Waals surface area (Å²) < 4.78 is 5.75. The quantitative estimate of drug-likeness (QED) is 0.288. The summed E-state index contributed by atoms with van der Waals surface area (Å²) in [5.41, 5.74) is 2.50. The molecule has 0 aliphatic carbocycles. The van der Waals surface area contributed by atoms with Crippen molar-refractivity contribution in [3.63, 3.8) is 0 Å². The Morgan fingerprint density at radius 3 is 2.48 bits per heavy atom. The van der Waals surface area contributed by atoms with Gasteiger partial charge in [-0.1, -0.05) is 55.5 Å². The summed E-state index contributed by atoms with van der Waals surface area (Å²) in [6.45, 7) is 2.60. The topological polar surface area (TPSA) is 88.6 Å². The van der Waals surface area contributed by atoms with Crippen molar-refractivity contribution in [1.82, 2.24) is 9.88 Å². The second kappa shape index (κ2) is 10.1. The number of pyridine rings is 1. The maximum atomic E-state index is 14.8. The van der Waals surface area contributed by atoms with Gasteiger partial charge in [0.25, 0.3) is 0 Å². The molecular formula is C35H29N3O4. The molecule has 208 valence electrons. The largest absolute Gasteiger partial charge is 0.494 e. The van der Waals surface area contributed by atoms with Gasteiger partial charge < -0.3 is 15.0 Å². The highest BCUT2D eigenvalue weighted by Crippen LogP contribution is 2.62. The molecule has 4 aromatic rings. The first-order valence-corrected chi connectivity index (χ1v) is 14.2. The number of nitrogens with one attached hydrogen (secondary N) is 1. The van der Waals surface area contributed by atoms with Crippen molar-refractivity contribution in [2.45, 2.75) is 30.8 Å². The molecule has 7 heteroatoms. The monoisotopic (exact) mass is 555 g/mol. The third-order valence-electron chi connectivity index (χ3n) is 8.65. The van der Waals surface area contributed by atoms with Gasteiger partial charge in [0.1, 0.15) is 22.9 Å². The van der Waals surface area contributed by atoms with Gasteiger partial charge in [-0.05, 0) is 71.7 Å². The van der Waals surface area contributed by atoms with E-state index in [9.17, 15) is 14.4 Å². The number of hydrogen-bond acceptors (Lipinski definition) is 6. The van der Waals surface area contributed by atoms with Crippen LogP contribution < -0.4 is 10.1 Å². The molecule has 7 nitrogen and oxygen atoms in total. The van der Waals surface area contributed by atoms with E-state index in [1.54, 1.807) is 48.7 Å². The maximum absolute atomic E-state index is 14.8. The fourth-order valence-electron chi connectivity index (χ4n) is 6.94. The van der Waals surface area contributed by atoms with Crippen LogP contribution in [0.5, 0.6) is 5.75 Å². The van der Waals surface area contributed by atoms with Crippen LogP contribution in [0.3, 0.4) is 0 Å². The van der Waals surface area contributed by atoms with Crippen LogP contribution in [0.4, 0.5) is 5.69 Å². The number of hydrogen-bond donors (Lipinski definition) is 1. The molecule has 4 atom stereocenters. The number of benzene rings is 3. The molecule has 0 saturated carbocycles. The minimum atomic E-state index is -1.37. The number of amides is 1. The van der Waals surface area contributed by atoms with Crippen molar-refractivity contribution >= 4 is 29.2 Å². The van der Waals surface area contributed by atoms with E-state index < -0.39 is 23.4 Å². The number of anilines is 1. The molecule has 0 bridgehead atoms. The number of ketones is 2. The Morgan fingerprint density at radius 2 is 1.69 bits per heavy atom. The molecule has 1 spiro atoms. The predicted octanol–water partition coefficient (Wildman–Crippen LogP) is 5.85. The smallest absolute Gasteiger partial charge is 0.238 e. The molecule has 3 aromatic carbocycles. The zero-order chi connectivity index (χ0) is 28.8. The van der Waals surface area contributed by atoms with Gasteiger partial charge in [-0.15, -0.1) is 0 Å². The summed E-state index contributed by atoms with van der Waals surface area (Å²) in [4.78, 5) is 50.1. The van der Waals surface area contributed by atoms with Gasteiger partial charge in [0, 0.05) is 23.6 Å². The minimum absolute atomic E-state index is 0.248. The molecule has 4 heterocycles. The van der Waals surface area contributed by atoms with Crippen molar-refractivity contribution in [1.29, 1.82) is 0 Å². The molecule has 0 radical (unpaired) electrons. The second-order valence-electron chi connectivity index (χ2n) is 10.9. The van der Waals surface area contributed by atoms with Crippen LogP contribution in [0.25, 0.3) is 6.08 Å². The first-order chi connectivity index (χ1) is 20.6. The van der Waals surface area contributed by atoms with Crippen LogP contribution in [0.1, 0.15) is 56.9 Å². The van der Waals surface area contributed by atoms with E-state index in [1.807, 2.05) is 72.6 Å². The number of rotatable bonds is 7. The summed E-state index contributed by atoms with van der Waals surface area (Å²) in [5, 5.41) is 3.07. The summed E-state index contributed by atoms with van der Waals surface area (Å²) in [6, 6.07) is 25.9. The van der Waals surface area contributed by atoms with E-state index in [0.29, 0.717) is 29.2 Å². The maximum Gasteiger partial charge on any atom is 0.238 e. The lowest BCUT2D eigenvalue weighted by molar-refractivity contribution is -0.122. The Balaban J connectivity index is 1.47. The van der Waals surface area contributed by atoms with Crippen molar-refractivity contribution in [2.24, 2.45) is 5.92 Å². The van der Waals surface area contributed by atoms with Crippen molar-refractivity contribution < 1.29 is 19.1 Å². The van der Waals surface area contributed by atoms with Crippen molar-refractivity contribution in [3.8, 4) is 5.75 Å². The average molecular weight is 556 g/mol. The van der Waals surface area contributed by atoms with Crippen LogP contribution >= 0.6 is 0 Å². The van der Waals surface area contributed by atoms with Gasteiger partial charge >= 0.3 is 0 Å². The number of carbonyl (C=O) groups excluding carboxylic acids is 3. The Hall–Kier alpha value is -5.04. The Morgan fingerprint density at radius 1 is 0.929 bits per heavy atom. The highest BCUT2D eigenvalue weighted by Gasteiger charge is 2.70. The highest BCUT2D eigenvalue weighted by molar-refractivity contribution is 6.16. The third-order valence-corrected chi connectivity index (χ3v) is 8.65. The SMILES string of the molecule is CCCOc1ccc(C(=O)[C@@H]2[C@H](C(=O)c3ccccn3)N3C=Cc4ccccc4[C@H]3[C@]23C(=O)Nc2ccccc23)cc1.